The monoisotopic (exact) mass is 284 g/mol. The summed E-state index contributed by atoms with van der Waals surface area (Å²) in [6.45, 7) is 3.72. The highest BCUT2D eigenvalue weighted by Gasteiger charge is 2.02. The SMILES string of the molecule is CCn1cccc1CNc1ccc2[nH]c(=O)c(=O)[nH]c2c1. The van der Waals surface area contributed by atoms with Gasteiger partial charge in [-0.05, 0) is 37.3 Å². The molecule has 0 atom stereocenters. The van der Waals surface area contributed by atoms with Crippen LogP contribution in [0.4, 0.5) is 5.69 Å². The predicted octanol–water partition coefficient (Wildman–Crippen LogP) is 1.65. The molecule has 3 rings (SSSR count). The Morgan fingerprint density at radius 3 is 2.62 bits per heavy atom. The maximum absolute atomic E-state index is 11.3. The van der Waals surface area contributed by atoms with E-state index >= 15 is 0 Å². The van der Waals surface area contributed by atoms with E-state index in [4.69, 9.17) is 0 Å². The van der Waals surface area contributed by atoms with Gasteiger partial charge in [-0.1, -0.05) is 0 Å². The number of aromatic nitrogens is 3. The van der Waals surface area contributed by atoms with Crippen molar-refractivity contribution in [3.63, 3.8) is 0 Å². The minimum atomic E-state index is -0.639. The molecule has 0 amide bonds. The van der Waals surface area contributed by atoms with Gasteiger partial charge in [-0.3, -0.25) is 9.59 Å². The molecule has 0 saturated heterocycles. The quantitative estimate of drug-likeness (QED) is 0.637. The Morgan fingerprint density at radius 1 is 1.10 bits per heavy atom. The Labute approximate surface area is 120 Å². The van der Waals surface area contributed by atoms with Gasteiger partial charge in [0.05, 0.1) is 17.6 Å². The summed E-state index contributed by atoms with van der Waals surface area (Å²) in [5.74, 6) is 0. The molecular formula is C15H16N4O2. The van der Waals surface area contributed by atoms with Gasteiger partial charge < -0.3 is 19.9 Å². The van der Waals surface area contributed by atoms with Crippen molar-refractivity contribution >= 4 is 16.7 Å². The molecule has 2 aromatic heterocycles. The van der Waals surface area contributed by atoms with Gasteiger partial charge >= 0.3 is 11.1 Å². The second kappa shape index (κ2) is 5.32. The average molecular weight is 284 g/mol. The van der Waals surface area contributed by atoms with Crippen molar-refractivity contribution in [2.24, 2.45) is 0 Å². The third kappa shape index (κ3) is 2.60. The highest BCUT2D eigenvalue weighted by atomic mass is 16.2. The summed E-state index contributed by atoms with van der Waals surface area (Å²) < 4.78 is 2.16. The third-order valence-electron chi connectivity index (χ3n) is 3.46. The van der Waals surface area contributed by atoms with Crippen LogP contribution >= 0.6 is 0 Å². The molecule has 6 heteroatoms. The zero-order valence-corrected chi connectivity index (χ0v) is 11.6. The van der Waals surface area contributed by atoms with Crippen LogP contribution in [0.3, 0.4) is 0 Å². The number of nitrogens with zero attached hydrogens (tertiary/aromatic N) is 1. The lowest BCUT2D eigenvalue weighted by Crippen LogP contribution is -2.28. The van der Waals surface area contributed by atoms with Crippen molar-refractivity contribution in [2.45, 2.75) is 20.0 Å². The summed E-state index contributed by atoms with van der Waals surface area (Å²) in [7, 11) is 0. The van der Waals surface area contributed by atoms with Crippen molar-refractivity contribution in [2.75, 3.05) is 5.32 Å². The molecule has 1 aromatic carbocycles. The van der Waals surface area contributed by atoms with E-state index in [1.165, 1.54) is 5.69 Å². The maximum atomic E-state index is 11.3. The van der Waals surface area contributed by atoms with Crippen LogP contribution in [0.15, 0.2) is 46.1 Å². The standard InChI is InChI=1S/C15H16N4O2/c1-2-19-7-3-4-11(19)9-16-10-5-6-12-13(8-10)18-15(21)14(20)17-12/h3-8,16H,2,9H2,1H3,(H,17,20)(H,18,21). The lowest BCUT2D eigenvalue weighted by atomic mass is 10.2. The van der Waals surface area contributed by atoms with E-state index in [1.54, 1.807) is 6.07 Å². The first-order valence-corrected chi connectivity index (χ1v) is 6.81. The van der Waals surface area contributed by atoms with Crippen LogP contribution in [0.2, 0.25) is 0 Å². The number of nitrogens with one attached hydrogen (secondary N) is 3. The summed E-state index contributed by atoms with van der Waals surface area (Å²) >= 11 is 0. The molecule has 0 saturated carbocycles. The Balaban J connectivity index is 1.86. The molecule has 108 valence electrons. The van der Waals surface area contributed by atoms with E-state index in [1.807, 2.05) is 24.4 Å². The first kappa shape index (κ1) is 13.2. The summed E-state index contributed by atoms with van der Waals surface area (Å²) in [5.41, 5.74) is 2.02. The number of hydrogen-bond acceptors (Lipinski definition) is 3. The molecule has 0 aliphatic carbocycles. The molecule has 0 aliphatic rings. The molecule has 2 heterocycles. The van der Waals surface area contributed by atoms with Gasteiger partial charge in [-0.25, -0.2) is 0 Å². The van der Waals surface area contributed by atoms with Crippen molar-refractivity contribution in [3.05, 3.63) is 62.9 Å². The average Bonchev–Trinajstić information content (AvgIpc) is 2.94. The van der Waals surface area contributed by atoms with Crippen molar-refractivity contribution < 1.29 is 0 Å². The Kier molecular flexibility index (Phi) is 3.35. The fourth-order valence-corrected chi connectivity index (χ4v) is 2.34. The summed E-state index contributed by atoms with van der Waals surface area (Å²) in [5, 5.41) is 3.31. The van der Waals surface area contributed by atoms with E-state index < -0.39 is 11.1 Å². The zero-order valence-electron chi connectivity index (χ0n) is 11.6. The minimum absolute atomic E-state index is 0.607. The van der Waals surface area contributed by atoms with E-state index in [9.17, 15) is 9.59 Å². The van der Waals surface area contributed by atoms with Crippen LogP contribution < -0.4 is 16.4 Å². The fraction of sp³-hybridized carbons (Fsp3) is 0.200. The van der Waals surface area contributed by atoms with E-state index in [2.05, 4.69) is 32.8 Å². The molecule has 0 aliphatic heterocycles. The van der Waals surface area contributed by atoms with Gasteiger partial charge in [-0.15, -0.1) is 0 Å². The molecular weight excluding hydrogens is 268 g/mol. The number of fused-ring (bicyclic) bond motifs is 1. The van der Waals surface area contributed by atoms with Crippen molar-refractivity contribution in [1.29, 1.82) is 0 Å². The molecule has 6 nitrogen and oxygen atoms in total. The normalized spacial score (nSPS) is 10.9. The molecule has 0 bridgehead atoms. The van der Waals surface area contributed by atoms with Crippen LogP contribution in [0.1, 0.15) is 12.6 Å². The van der Waals surface area contributed by atoms with Gasteiger partial charge in [0.2, 0.25) is 0 Å². The number of anilines is 1. The maximum Gasteiger partial charge on any atom is 0.314 e. The molecule has 0 fully saturated rings. The number of aromatic amines is 2. The second-order valence-corrected chi connectivity index (χ2v) is 4.81. The summed E-state index contributed by atoms with van der Waals surface area (Å²) in [6, 6.07) is 9.54. The third-order valence-corrected chi connectivity index (χ3v) is 3.46. The number of H-pyrrole nitrogens is 2. The highest BCUT2D eigenvalue weighted by molar-refractivity contribution is 5.78. The van der Waals surface area contributed by atoms with Crippen LogP contribution in [0, 0.1) is 0 Å². The van der Waals surface area contributed by atoms with Gasteiger partial charge in [0.25, 0.3) is 0 Å². The van der Waals surface area contributed by atoms with Crippen LogP contribution in [-0.4, -0.2) is 14.5 Å². The van der Waals surface area contributed by atoms with Crippen LogP contribution in [0.25, 0.3) is 11.0 Å². The molecule has 0 unspecified atom stereocenters. The molecule has 0 radical (unpaired) electrons. The first-order valence-electron chi connectivity index (χ1n) is 6.81. The molecule has 0 spiro atoms. The Hall–Kier alpha value is -2.76. The Bertz CT molecular complexity index is 888. The zero-order chi connectivity index (χ0) is 14.8. The van der Waals surface area contributed by atoms with Gasteiger partial charge in [-0.2, -0.15) is 0 Å². The first-order chi connectivity index (χ1) is 10.2. The van der Waals surface area contributed by atoms with Gasteiger partial charge in [0.15, 0.2) is 0 Å². The molecule has 21 heavy (non-hydrogen) atoms. The van der Waals surface area contributed by atoms with Gasteiger partial charge in [0.1, 0.15) is 0 Å². The lowest BCUT2D eigenvalue weighted by molar-refractivity contribution is 0.724. The summed E-state index contributed by atoms with van der Waals surface area (Å²) in [4.78, 5) is 27.7. The lowest BCUT2D eigenvalue weighted by Gasteiger charge is -2.10. The van der Waals surface area contributed by atoms with Crippen LogP contribution in [-0.2, 0) is 13.1 Å². The number of benzene rings is 1. The van der Waals surface area contributed by atoms with Crippen molar-refractivity contribution in [1.82, 2.24) is 14.5 Å². The summed E-state index contributed by atoms with van der Waals surface area (Å²) in [6.07, 6.45) is 2.04. The topological polar surface area (TPSA) is 82.7 Å². The largest absolute Gasteiger partial charge is 0.379 e. The van der Waals surface area contributed by atoms with E-state index in [0.29, 0.717) is 17.6 Å². The second-order valence-electron chi connectivity index (χ2n) is 4.81. The molecule has 3 aromatic rings. The van der Waals surface area contributed by atoms with Gasteiger partial charge in [0, 0.05) is 24.1 Å². The number of aryl methyl sites for hydroxylation is 1. The van der Waals surface area contributed by atoms with E-state index in [0.717, 1.165) is 12.2 Å². The number of hydrogen-bond donors (Lipinski definition) is 3. The Morgan fingerprint density at radius 2 is 1.86 bits per heavy atom. The minimum Gasteiger partial charge on any atom is -0.379 e. The van der Waals surface area contributed by atoms with E-state index in [-0.39, 0.29) is 0 Å². The van der Waals surface area contributed by atoms with Crippen molar-refractivity contribution in [3.8, 4) is 0 Å². The highest BCUT2D eigenvalue weighted by Crippen LogP contribution is 2.15. The van der Waals surface area contributed by atoms with Crippen LogP contribution in [0.5, 0.6) is 0 Å². The predicted molar refractivity (Wildman–Crippen MR) is 82.6 cm³/mol. The fourth-order valence-electron chi connectivity index (χ4n) is 2.34. The number of rotatable bonds is 4. The molecule has 3 N–H and O–H groups in total. The smallest absolute Gasteiger partial charge is 0.314 e.